The van der Waals surface area contributed by atoms with Crippen LogP contribution in [0.3, 0.4) is 0 Å². The first-order valence-electron chi connectivity index (χ1n) is 3.67. The van der Waals surface area contributed by atoms with Crippen molar-refractivity contribution in [1.29, 1.82) is 0 Å². The third-order valence-electron chi connectivity index (χ3n) is 2.01. The average Bonchev–Trinajstić information content (AvgIpc) is 2.69. The fourth-order valence-electron chi connectivity index (χ4n) is 1.22. The standard InChI is InChI=1S/C9H8Br2/c10-7-3-1-6(2-4-7)8-5-9(8)11/h1-4,8-9H,5H2/t8-,9-/m1/s1. The third-order valence-corrected chi connectivity index (χ3v) is 3.55. The Bertz CT molecular complexity index is 253. The molecule has 0 nitrogen and oxygen atoms in total. The van der Waals surface area contributed by atoms with Crippen LogP contribution in [0.4, 0.5) is 0 Å². The van der Waals surface area contributed by atoms with Crippen LogP contribution in [-0.4, -0.2) is 4.83 Å². The summed E-state index contributed by atoms with van der Waals surface area (Å²) in [6, 6.07) is 8.59. The van der Waals surface area contributed by atoms with Gasteiger partial charge in [0.25, 0.3) is 0 Å². The molecule has 1 aromatic rings. The molecule has 2 rings (SSSR count). The minimum absolute atomic E-state index is 0.726. The van der Waals surface area contributed by atoms with Crippen molar-refractivity contribution in [2.24, 2.45) is 0 Å². The van der Waals surface area contributed by atoms with E-state index < -0.39 is 0 Å². The van der Waals surface area contributed by atoms with Crippen molar-refractivity contribution in [1.82, 2.24) is 0 Å². The van der Waals surface area contributed by atoms with Gasteiger partial charge in [0.15, 0.2) is 0 Å². The molecule has 0 unspecified atom stereocenters. The first-order valence-corrected chi connectivity index (χ1v) is 5.38. The van der Waals surface area contributed by atoms with E-state index in [0.717, 1.165) is 15.2 Å². The minimum Gasteiger partial charge on any atom is -0.0884 e. The lowest BCUT2D eigenvalue weighted by molar-refractivity contribution is 1.14. The van der Waals surface area contributed by atoms with Gasteiger partial charge in [0.1, 0.15) is 0 Å². The number of rotatable bonds is 1. The van der Waals surface area contributed by atoms with Crippen LogP contribution in [0.25, 0.3) is 0 Å². The molecule has 0 N–H and O–H groups in total. The van der Waals surface area contributed by atoms with Gasteiger partial charge in [-0.15, -0.1) is 0 Å². The Kier molecular flexibility index (Phi) is 2.06. The van der Waals surface area contributed by atoms with E-state index in [1.165, 1.54) is 12.0 Å². The lowest BCUT2D eigenvalue weighted by atomic mass is 10.1. The van der Waals surface area contributed by atoms with Crippen LogP contribution in [0.1, 0.15) is 17.9 Å². The van der Waals surface area contributed by atoms with Crippen LogP contribution in [-0.2, 0) is 0 Å². The van der Waals surface area contributed by atoms with Crippen molar-refractivity contribution in [3.8, 4) is 0 Å². The molecule has 1 saturated carbocycles. The van der Waals surface area contributed by atoms with Crippen LogP contribution in [0.5, 0.6) is 0 Å². The zero-order valence-corrected chi connectivity index (χ0v) is 9.10. The molecule has 0 aliphatic heterocycles. The Labute approximate surface area is 83.3 Å². The summed E-state index contributed by atoms with van der Waals surface area (Å²) < 4.78 is 1.16. The lowest BCUT2D eigenvalue weighted by Crippen LogP contribution is -1.79. The Morgan fingerprint density at radius 3 is 2.18 bits per heavy atom. The molecule has 0 amide bonds. The molecular formula is C9H8Br2. The zero-order chi connectivity index (χ0) is 7.84. The lowest BCUT2D eigenvalue weighted by Gasteiger charge is -1.96. The summed E-state index contributed by atoms with van der Waals surface area (Å²) in [6.45, 7) is 0. The fourth-order valence-corrected chi connectivity index (χ4v) is 2.19. The zero-order valence-electron chi connectivity index (χ0n) is 5.93. The Hall–Kier alpha value is 0.180. The van der Waals surface area contributed by atoms with Gasteiger partial charge in [-0.1, -0.05) is 44.0 Å². The molecule has 0 bridgehead atoms. The monoisotopic (exact) mass is 274 g/mol. The largest absolute Gasteiger partial charge is 0.0884 e. The number of alkyl halides is 1. The second-order valence-corrected chi connectivity index (χ2v) is 5.00. The number of hydrogen-bond acceptors (Lipinski definition) is 0. The van der Waals surface area contributed by atoms with Crippen molar-refractivity contribution in [2.45, 2.75) is 17.2 Å². The molecule has 2 atom stereocenters. The van der Waals surface area contributed by atoms with Gasteiger partial charge in [-0.25, -0.2) is 0 Å². The molecule has 1 aromatic carbocycles. The molecule has 0 spiro atoms. The highest BCUT2D eigenvalue weighted by Crippen LogP contribution is 2.46. The molecule has 0 saturated heterocycles. The topological polar surface area (TPSA) is 0 Å². The van der Waals surface area contributed by atoms with Crippen molar-refractivity contribution in [2.75, 3.05) is 0 Å². The highest BCUT2D eigenvalue weighted by molar-refractivity contribution is 9.10. The van der Waals surface area contributed by atoms with Crippen molar-refractivity contribution < 1.29 is 0 Å². The third kappa shape index (κ3) is 1.67. The van der Waals surface area contributed by atoms with E-state index in [0.29, 0.717) is 0 Å². The highest BCUT2D eigenvalue weighted by Gasteiger charge is 2.35. The van der Waals surface area contributed by atoms with Crippen LogP contribution >= 0.6 is 31.9 Å². The summed E-state index contributed by atoms with van der Waals surface area (Å²) in [5, 5.41) is 0. The van der Waals surface area contributed by atoms with Crippen LogP contribution in [0, 0.1) is 0 Å². The molecule has 58 valence electrons. The van der Waals surface area contributed by atoms with Gasteiger partial charge < -0.3 is 0 Å². The van der Waals surface area contributed by atoms with Crippen LogP contribution in [0.2, 0.25) is 0 Å². The smallest absolute Gasteiger partial charge is 0.0221 e. The molecule has 1 aliphatic rings. The number of benzene rings is 1. The van der Waals surface area contributed by atoms with Gasteiger partial charge in [-0.2, -0.15) is 0 Å². The highest BCUT2D eigenvalue weighted by atomic mass is 79.9. The molecular weight excluding hydrogens is 268 g/mol. The summed E-state index contributed by atoms with van der Waals surface area (Å²) >= 11 is 7.01. The van der Waals surface area contributed by atoms with Gasteiger partial charge in [0, 0.05) is 9.30 Å². The van der Waals surface area contributed by atoms with Gasteiger partial charge >= 0.3 is 0 Å². The van der Waals surface area contributed by atoms with E-state index in [-0.39, 0.29) is 0 Å². The molecule has 1 aliphatic carbocycles. The Morgan fingerprint density at radius 2 is 1.73 bits per heavy atom. The number of hydrogen-bond donors (Lipinski definition) is 0. The predicted octanol–water partition coefficient (Wildman–Crippen LogP) is 3.70. The van der Waals surface area contributed by atoms with E-state index in [4.69, 9.17) is 0 Å². The molecule has 0 radical (unpaired) electrons. The van der Waals surface area contributed by atoms with E-state index in [1.54, 1.807) is 0 Å². The van der Waals surface area contributed by atoms with Crippen LogP contribution in [0.15, 0.2) is 28.7 Å². The molecule has 2 heteroatoms. The molecule has 11 heavy (non-hydrogen) atoms. The second kappa shape index (κ2) is 2.91. The maximum absolute atomic E-state index is 3.59. The van der Waals surface area contributed by atoms with Crippen LogP contribution < -0.4 is 0 Å². The second-order valence-electron chi connectivity index (χ2n) is 2.91. The molecule has 1 fully saturated rings. The van der Waals surface area contributed by atoms with Crippen molar-refractivity contribution in [3.05, 3.63) is 34.3 Å². The SMILES string of the molecule is Brc1ccc([C@H]2C[C@H]2Br)cc1. The van der Waals surface area contributed by atoms with E-state index in [1.807, 2.05) is 0 Å². The quantitative estimate of drug-likeness (QED) is 0.686. The van der Waals surface area contributed by atoms with E-state index in [9.17, 15) is 0 Å². The Morgan fingerprint density at radius 1 is 1.18 bits per heavy atom. The Balaban J connectivity index is 2.21. The van der Waals surface area contributed by atoms with Gasteiger partial charge in [-0.05, 0) is 30.0 Å². The van der Waals surface area contributed by atoms with Gasteiger partial charge in [0.05, 0.1) is 0 Å². The first-order chi connectivity index (χ1) is 5.27. The minimum atomic E-state index is 0.726. The van der Waals surface area contributed by atoms with Gasteiger partial charge in [0.2, 0.25) is 0 Å². The summed E-state index contributed by atoms with van der Waals surface area (Å²) in [6.07, 6.45) is 1.29. The molecule has 0 aromatic heterocycles. The summed E-state index contributed by atoms with van der Waals surface area (Å²) in [5.41, 5.74) is 1.45. The predicted molar refractivity (Wildman–Crippen MR) is 54.2 cm³/mol. The fraction of sp³-hybridized carbons (Fsp3) is 0.333. The maximum Gasteiger partial charge on any atom is 0.0221 e. The summed E-state index contributed by atoms with van der Waals surface area (Å²) in [4.78, 5) is 0.726. The summed E-state index contributed by atoms with van der Waals surface area (Å²) in [5.74, 6) is 0.767. The molecule has 0 heterocycles. The first kappa shape index (κ1) is 7.81. The average molecular weight is 276 g/mol. The van der Waals surface area contributed by atoms with E-state index >= 15 is 0 Å². The van der Waals surface area contributed by atoms with E-state index in [2.05, 4.69) is 56.1 Å². The summed E-state index contributed by atoms with van der Waals surface area (Å²) in [7, 11) is 0. The maximum atomic E-state index is 3.59. The van der Waals surface area contributed by atoms with Gasteiger partial charge in [-0.3, -0.25) is 0 Å². The number of halogens is 2. The van der Waals surface area contributed by atoms with Crippen molar-refractivity contribution >= 4 is 31.9 Å². The van der Waals surface area contributed by atoms with Crippen molar-refractivity contribution in [3.63, 3.8) is 0 Å². The normalized spacial score (nSPS) is 28.5.